The fourth-order valence-electron chi connectivity index (χ4n) is 4.23. The van der Waals surface area contributed by atoms with E-state index in [-0.39, 0.29) is 5.60 Å². The van der Waals surface area contributed by atoms with E-state index in [0.717, 1.165) is 24.8 Å². The predicted octanol–water partition coefficient (Wildman–Crippen LogP) is 5.21. The molecule has 3 rings (SSSR count). The average Bonchev–Trinajstić information content (AvgIpc) is 2.85. The Morgan fingerprint density at radius 1 is 1.32 bits per heavy atom. The van der Waals surface area contributed by atoms with Gasteiger partial charge in [0.2, 0.25) is 5.90 Å². The molecule has 1 spiro atoms. The van der Waals surface area contributed by atoms with Gasteiger partial charge in [-0.3, -0.25) is 0 Å². The van der Waals surface area contributed by atoms with Gasteiger partial charge in [-0.1, -0.05) is 39.3 Å². The van der Waals surface area contributed by atoms with Crippen LogP contribution in [0.5, 0.6) is 0 Å². The van der Waals surface area contributed by atoms with Crippen molar-refractivity contribution in [2.45, 2.75) is 52.6 Å². The smallest absolute Gasteiger partial charge is 0.217 e. The van der Waals surface area contributed by atoms with Gasteiger partial charge in [-0.15, -0.1) is 0 Å². The van der Waals surface area contributed by atoms with E-state index >= 15 is 0 Å². The molecular formula is C19H26INO. The highest BCUT2D eigenvalue weighted by atomic mass is 127. The lowest BCUT2D eigenvalue weighted by Crippen LogP contribution is -2.48. The van der Waals surface area contributed by atoms with Crippen LogP contribution in [0, 0.1) is 28.2 Å². The fourth-order valence-corrected chi connectivity index (χ4v) is 4.82. The van der Waals surface area contributed by atoms with Gasteiger partial charge in [0, 0.05) is 15.1 Å². The largest absolute Gasteiger partial charge is 0.469 e. The number of ether oxygens (including phenoxy) is 1. The lowest BCUT2D eigenvalue weighted by atomic mass is 9.67. The average molecular weight is 411 g/mol. The van der Waals surface area contributed by atoms with Gasteiger partial charge in [0.15, 0.2) is 0 Å². The molecule has 0 bridgehead atoms. The molecule has 1 aliphatic carbocycles. The highest BCUT2D eigenvalue weighted by molar-refractivity contribution is 14.1. The van der Waals surface area contributed by atoms with Gasteiger partial charge in [-0.05, 0) is 65.8 Å². The molecule has 0 N–H and O–H groups in total. The Balaban J connectivity index is 1.89. The molecule has 1 heterocycles. The van der Waals surface area contributed by atoms with Crippen LogP contribution in [0.15, 0.2) is 23.2 Å². The number of benzene rings is 1. The van der Waals surface area contributed by atoms with Crippen molar-refractivity contribution in [2.24, 2.45) is 22.7 Å². The third-order valence-corrected chi connectivity index (χ3v) is 6.79. The summed E-state index contributed by atoms with van der Waals surface area (Å²) in [7, 11) is 0. The molecule has 0 aromatic heterocycles. The van der Waals surface area contributed by atoms with E-state index in [1.807, 2.05) is 0 Å². The number of aliphatic imine (C=N–C) groups is 1. The molecule has 1 fully saturated rings. The van der Waals surface area contributed by atoms with E-state index in [2.05, 4.69) is 68.5 Å². The number of rotatable bonds is 2. The van der Waals surface area contributed by atoms with E-state index in [1.54, 1.807) is 0 Å². The fraction of sp³-hybridized carbons (Fsp3) is 0.632. The van der Waals surface area contributed by atoms with Crippen LogP contribution in [0.1, 0.15) is 51.2 Å². The van der Waals surface area contributed by atoms with Crippen LogP contribution < -0.4 is 0 Å². The van der Waals surface area contributed by atoms with Crippen LogP contribution in [-0.4, -0.2) is 18.0 Å². The summed E-state index contributed by atoms with van der Waals surface area (Å²) in [5.41, 5.74) is 2.40. The molecule has 1 aromatic rings. The van der Waals surface area contributed by atoms with Gasteiger partial charge in [-0.2, -0.15) is 0 Å². The van der Waals surface area contributed by atoms with Crippen LogP contribution in [-0.2, 0) is 4.74 Å². The summed E-state index contributed by atoms with van der Waals surface area (Å²) in [6, 6.07) is 6.40. The maximum atomic E-state index is 6.60. The molecule has 3 atom stereocenters. The van der Waals surface area contributed by atoms with Crippen LogP contribution in [0.2, 0.25) is 0 Å². The van der Waals surface area contributed by atoms with Gasteiger partial charge >= 0.3 is 0 Å². The van der Waals surface area contributed by atoms with Gasteiger partial charge in [0.25, 0.3) is 0 Å². The third kappa shape index (κ3) is 2.81. The second-order valence-electron chi connectivity index (χ2n) is 7.46. The van der Waals surface area contributed by atoms with Gasteiger partial charge in [-0.25, -0.2) is 4.99 Å². The van der Waals surface area contributed by atoms with Crippen LogP contribution >= 0.6 is 22.6 Å². The van der Waals surface area contributed by atoms with Crippen LogP contribution in [0.3, 0.4) is 0 Å². The Bertz CT molecular complexity index is 595. The van der Waals surface area contributed by atoms with E-state index in [9.17, 15) is 0 Å². The first-order chi connectivity index (χ1) is 10.4. The molecule has 0 radical (unpaired) electrons. The molecule has 0 amide bonds. The van der Waals surface area contributed by atoms with Crippen molar-refractivity contribution in [3.05, 3.63) is 32.9 Å². The zero-order valence-corrected chi connectivity index (χ0v) is 16.2. The number of hydrogen-bond acceptors (Lipinski definition) is 2. The van der Waals surface area contributed by atoms with Crippen molar-refractivity contribution in [2.75, 3.05) is 6.54 Å². The molecule has 1 saturated carbocycles. The monoisotopic (exact) mass is 411 g/mol. The molecule has 1 aromatic carbocycles. The zero-order chi connectivity index (χ0) is 15.9. The third-order valence-electron chi connectivity index (χ3n) is 5.36. The number of hydrogen-bond donors (Lipinski definition) is 0. The number of halogens is 1. The number of nitrogens with zero attached hydrogens (tertiary/aromatic N) is 1. The van der Waals surface area contributed by atoms with Crippen LogP contribution in [0.25, 0.3) is 0 Å². The molecule has 22 heavy (non-hydrogen) atoms. The molecule has 0 unspecified atom stereocenters. The Kier molecular flexibility index (Phi) is 4.54. The summed E-state index contributed by atoms with van der Waals surface area (Å²) in [6.45, 7) is 10.0. The van der Waals surface area contributed by atoms with Gasteiger partial charge in [0.1, 0.15) is 5.60 Å². The molecule has 1 aliphatic heterocycles. The first-order valence-corrected chi connectivity index (χ1v) is 9.50. The highest BCUT2D eigenvalue weighted by Crippen LogP contribution is 2.46. The standard InChI is InChI=1S/C19H26INO/c1-12(2)16-9-8-13(3)10-19(16)11-21-18(22-19)15-7-5-6-14(4)17(15)20/h5-7,12-13,16H,8-11H2,1-4H3/t13-,16+,19-/m1/s1. The summed E-state index contributed by atoms with van der Waals surface area (Å²) in [5.74, 6) is 2.88. The van der Waals surface area contributed by atoms with Gasteiger partial charge < -0.3 is 4.74 Å². The quantitative estimate of drug-likeness (QED) is 0.613. The molecule has 120 valence electrons. The Hall–Kier alpha value is -0.580. The molecule has 2 aliphatic rings. The second-order valence-corrected chi connectivity index (χ2v) is 8.54. The van der Waals surface area contributed by atoms with Crippen molar-refractivity contribution in [1.82, 2.24) is 0 Å². The molecular weight excluding hydrogens is 385 g/mol. The second kappa shape index (κ2) is 6.14. The van der Waals surface area contributed by atoms with Gasteiger partial charge in [0.05, 0.1) is 6.54 Å². The Morgan fingerprint density at radius 3 is 2.82 bits per heavy atom. The van der Waals surface area contributed by atoms with E-state index in [1.165, 1.54) is 27.5 Å². The van der Waals surface area contributed by atoms with E-state index < -0.39 is 0 Å². The summed E-state index contributed by atoms with van der Waals surface area (Å²) in [4.78, 5) is 4.84. The predicted molar refractivity (Wildman–Crippen MR) is 100 cm³/mol. The van der Waals surface area contributed by atoms with Crippen molar-refractivity contribution in [3.8, 4) is 0 Å². The summed E-state index contributed by atoms with van der Waals surface area (Å²) < 4.78 is 7.87. The van der Waals surface area contributed by atoms with Crippen molar-refractivity contribution < 1.29 is 4.74 Å². The van der Waals surface area contributed by atoms with Crippen molar-refractivity contribution in [3.63, 3.8) is 0 Å². The summed E-state index contributed by atoms with van der Waals surface area (Å²) in [5, 5.41) is 0. The molecule has 3 heteroatoms. The van der Waals surface area contributed by atoms with Crippen molar-refractivity contribution >= 4 is 28.5 Å². The molecule has 0 saturated heterocycles. The Morgan fingerprint density at radius 2 is 2.09 bits per heavy atom. The summed E-state index contributed by atoms with van der Waals surface area (Å²) in [6.07, 6.45) is 3.74. The van der Waals surface area contributed by atoms with E-state index in [0.29, 0.717) is 11.8 Å². The minimum Gasteiger partial charge on any atom is -0.469 e. The highest BCUT2D eigenvalue weighted by Gasteiger charge is 2.49. The maximum Gasteiger partial charge on any atom is 0.217 e. The summed E-state index contributed by atoms with van der Waals surface area (Å²) >= 11 is 2.42. The maximum absolute atomic E-state index is 6.60. The SMILES string of the molecule is Cc1cccc(C2=NC[C@@]3(C[C@H](C)CC[C@H]3C(C)C)O2)c1I. The van der Waals surface area contributed by atoms with Crippen LogP contribution in [0.4, 0.5) is 0 Å². The minimum atomic E-state index is -0.0615. The number of aryl methyl sites for hydroxylation is 1. The topological polar surface area (TPSA) is 21.6 Å². The lowest BCUT2D eigenvalue weighted by Gasteiger charge is -2.44. The first kappa shape index (κ1) is 16.3. The normalized spacial score (nSPS) is 31.5. The minimum absolute atomic E-state index is 0.0615. The molecule has 2 nitrogen and oxygen atoms in total. The first-order valence-electron chi connectivity index (χ1n) is 8.42. The lowest BCUT2D eigenvalue weighted by molar-refractivity contribution is -0.0457. The van der Waals surface area contributed by atoms with Crippen molar-refractivity contribution in [1.29, 1.82) is 0 Å². The van der Waals surface area contributed by atoms with E-state index in [4.69, 9.17) is 9.73 Å². The Labute approximate surface area is 147 Å². The zero-order valence-electron chi connectivity index (χ0n) is 14.0.